The zero-order chi connectivity index (χ0) is 15.6. The summed E-state index contributed by atoms with van der Waals surface area (Å²) in [7, 11) is -3.10. The van der Waals surface area contributed by atoms with Gasteiger partial charge in [0.15, 0.2) is 9.84 Å². The fourth-order valence-electron chi connectivity index (χ4n) is 2.36. The van der Waals surface area contributed by atoms with E-state index in [2.05, 4.69) is 5.32 Å². The van der Waals surface area contributed by atoms with E-state index in [1.807, 2.05) is 6.92 Å². The maximum absolute atomic E-state index is 12.3. The first-order valence-corrected chi connectivity index (χ1v) is 8.89. The Morgan fingerprint density at radius 2 is 2.19 bits per heavy atom. The predicted octanol–water partition coefficient (Wildman–Crippen LogP) is 2.04. The van der Waals surface area contributed by atoms with E-state index in [1.54, 1.807) is 25.1 Å². The summed E-state index contributed by atoms with van der Waals surface area (Å²) in [6, 6.07) is 4.40. The Balaban J connectivity index is 2.18. The molecule has 0 spiro atoms. The molecule has 1 amide bonds. The van der Waals surface area contributed by atoms with Gasteiger partial charge < -0.3 is 10.1 Å². The Hall–Kier alpha value is -1.27. The van der Waals surface area contributed by atoms with Gasteiger partial charge in [-0.05, 0) is 38.5 Å². The van der Waals surface area contributed by atoms with Crippen molar-refractivity contribution in [1.29, 1.82) is 0 Å². The summed E-state index contributed by atoms with van der Waals surface area (Å²) in [4.78, 5) is 12.3. The maximum atomic E-state index is 12.3. The molecule has 1 aromatic rings. The maximum Gasteiger partial charge on any atom is 0.255 e. The fourth-order valence-corrected chi connectivity index (χ4v) is 4.18. The van der Waals surface area contributed by atoms with Gasteiger partial charge in [0.25, 0.3) is 5.91 Å². The number of hydrogen-bond donors (Lipinski definition) is 1. The van der Waals surface area contributed by atoms with Crippen LogP contribution in [0, 0.1) is 0 Å². The van der Waals surface area contributed by atoms with Crippen LogP contribution in [0.4, 0.5) is 0 Å². The number of nitrogens with one attached hydrogen (secondary N) is 1. The number of amides is 1. The standard InChI is InChI=1S/C14H18ClNO4S/c1-3-20-13-8-10(15)4-5-11(13)14(17)16-12-6-7-21(18,19)9(12)2/h4-5,8-9,12H,3,6-7H2,1-2H3,(H,16,17)/t9-,12-/m0/s1. The summed E-state index contributed by atoms with van der Waals surface area (Å²) in [6.45, 7) is 3.85. The van der Waals surface area contributed by atoms with Gasteiger partial charge in [0.05, 0.1) is 23.2 Å². The van der Waals surface area contributed by atoms with Crippen LogP contribution in [-0.4, -0.2) is 38.0 Å². The van der Waals surface area contributed by atoms with Gasteiger partial charge >= 0.3 is 0 Å². The fraction of sp³-hybridized carbons (Fsp3) is 0.500. The second kappa shape index (κ2) is 6.23. The number of benzene rings is 1. The molecule has 2 rings (SSSR count). The molecule has 1 heterocycles. The largest absolute Gasteiger partial charge is 0.493 e. The Morgan fingerprint density at radius 1 is 1.48 bits per heavy atom. The number of halogens is 1. The molecular weight excluding hydrogens is 314 g/mol. The van der Waals surface area contributed by atoms with Gasteiger partial charge in [-0.3, -0.25) is 4.79 Å². The molecule has 7 heteroatoms. The van der Waals surface area contributed by atoms with Gasteiger partial charge in [0.1, 0.15) is 5.75 Å². The van der Waals surface area contributed by atoms with E-state index in [9.17, 15) is 13.2 Å². The van der Waals surface area contributed by atoms with Crippen molar-refractivity contribution in [3.8, 4) is 5.75 Å². The molecule has 21 heavy (non-hydrogen) atoms. The van der Waals surface area contributed by atoms with Crippen molar-refractivity contribution in [3.05, 3.63) is 28.8 Å². The lowest BCUT2D eigenvalue weighted by Crippen LogP contribution is -2.40. The smallest absolute Gasteiger partial charge is 0.255 e. The third-order valence-corrected chi connectivity index (χ3v) is 6.15. The van der Waals surface area contributed by atoms with Crippen molar-refractivity contribution < 1.29 is 17.9 Å². The summed E-state index contributed by atoms with van der Waals surface area (Å²) < 4.78 is 28.8. The van der Waals surface area contributed by atoms with Crippen LogP contribution in [0.1, 0.15) is 30.6 Å². The molecule has 1 fully saturated rings. The monoisotopic (exact) mass is 331 g/mol. The second-order valence-corrected chi connectivity index (χ2v) is 7.93. The van der Waals surface area contributed by atoms with Crippen LogP contribution in [0.25, 0.3) is 0 Å². The second-order valence-electron chi connectivity index (χ2n) is 5.01. The molecule has 0 saturated carbocycles. The van der Waals surface area contributed by atoms with Crippen LogP contribution in [0.2, 0.25) is 5.02 Å². The molecule has 1 saturated heterocycles. The van der Waals surface area contributed by atoms with Crippen LogP contribution in [0.5, 0.6) is 5.75 Å². The molecule has 1 N–H and O–H groups in total. The number of ether oxygens (including phenoxy) is 1. The first kappa shape index (κ1) is 16.1. The topological polar surface area (TPSA) is 72.5 Å². The third kappa shape index (κ3) is 3.49. The van der Waals surface area contributed by atoms with Crippen molar-refractivity contribution in [3.63, 3.8) is 0 Å². The number of rotatable bonds is 4. The average molecular weight is 332 g/mol. The summed E-state index contributed by atoms with van der Waals surface area (Å²) >= 11 is 5.90. The summed E-state index contributed by atoms with van der Waals surface area (Å²) in [5.74, 6) is 0.165. The predicted molar refractivity (Wildman–Crippen MR) is 81.7 cm³/mol. The van der Waals surface area contributed by atoms with E-state index in [0.717, 1.165) is 0 Å². The molecule has 0 radical (unpaired) electrons. The lowest BCUT2D eigenvalue weighted by atomic mass is 10.1. The van der Waals surface area contributed by atoms with Crippen LogP contribution in [0.15, 0.2) is 18.2 Å². The van der Waals surface area contributed by atoms with Crippen LogP contribution < -0.4 is 10.1 Å². The Bertz CT molecular complexity index is 644. The van der Waals surface area contributed by atoms with Gasteiger partial charge in [0.2, 0.25) is 0 Å². The SMILES string of the molecule is CCOc1cc(Cl)ccc1C(=O)N[C@H]1CCS(=O)(=O)[C@H]1C. The summed E-state index contributed by atoms with van der Waals surface area (Å²) in [5.41, 5.74) is 0.359. The van der Waals surface area contributed by atoms with Gasteiger partial charge in [-0.2, -0.15) is 0 Å². The van der Waals surface area contributed by atoms with Gasteiger partial charge in [-0.25, -0.2) is 8.42 Å². The van der Waals surface area contributed by atoms with Crippen LogP contribution in [-0.2, 0) is 9.84 Å². The number of sulfone groups is 1. The van der Waals surface area contributed by atoms with E-state index in [0.29, 0.717) is 29.4 Å². The first-order valence-electron chi connectivity index (χ1n) is 6.80. The van der Waals surface area contributed by atoms with Gasteiger partial charge in [-0.15, -0.1) is 0 Å². The molecule has 0 bridgehead atoms. The first-order chi connectivity index (χ1) is 9.85. The highest BCUT2D eigenvalue weighted by Crippen LogP contribution is 2.25. The highest BCUT2D eigenvalue weighted by Gasteiger charge is 2.37. The molecule has 1 aromatic carbocycles. The number of hydrogen-bond acceptors (Lipinski definition) is 4. The average Bonchev–Trinajstić information content (AvgIpc) is 2.66. The van der Waals surface area contributed by atoms with Crippen LogP contribution in [0.3, 0.4) is 0 Å². The van der Waals surface area contributed by atoms with Gasteiger partial charge in [0, 0.05) is 11.1 Å². The molecule has 116 valence electrons. The van der Waals surface area contributed by atoms with Crippen molar-refractivity contribution in [2.45, 2.75) is 31.6 Å². The molecular formula is C14H18ClNO4S. The van der Waals surface area contributed by atoms with E-state index in [4.69, 9.17) is 16.3 Å². The molecule has 1 aliphatic rings. The Morgan fingerprint density at radius 3 is 2.76 bits per heavy atom. The molecule has 2 atom stereocenters. The van der Waals surface area contributed by atoms with E-state index in [1.165, 1.54) is 0 Å². The minimum atomic E-state index is -3.10. The Labute approximate surface area is 129 Å². The van der Waals surface area contributed by atoms with Crippen molar-refractivity contribution in [2.75, 3.05) is 12.4 Å². The van der Waals surface area contributed by atoms with E-state index in [-0.39, 0.29) is 17.7 Å². The lowest BCUT2D eigenvalue weighted by Gasteiger charge is -2.17. The summed E-state index contributed by atoms with van der Waals surface area (Å²) in [6.07, 6.45) is 0.437. The zero-order valence-corrected chi connectivity index (χ0v) is 13.5. The van der Waals surface area contributed by atoms with Crippen molar-refractivity contribution in [1.82, 2.24) is 5.32 Å². The normalized spacial score (nSPS) is 23.8. The molecule has 0 aromatic heterocycles. The molecule has 5 nitrogen and oxygen atoms in total. The van der Waals surface area contributed by atoms with Crippen molar-refractivity contribution in [2.24, 2.45) is 0 Å². The quantitative estimate of drug-likeness (QED) is 0.916. The van der Waals surface area contributed by atoms with Gasteiger partial charge in [-0.1, -0.05) is 11.6 Å². The van der Waals surface area contributed by atoms with Crippen LogP contribution >= 0.6 is 11.6 Å². The lowest BCUT2D eigenvalue weighted by molar-refractivity contribution is 0.0933. The Kier molecular flexibility index (Phi) is 4.78. The number of carbonyl (C=O) groups excluding carboxylic acids is 1. The van der Waals surface area contributed by atoms with E-state index < -0.39 is 15.1 Å². The molecule has 0 aliphatic carbocycles. The third-order valence-electron chi connectivity index (χ3n) is 3.65. The highest BCUT2D eigenvalue weighted by atomic mass is 35.5. The molecule has 0 unspecified atom stereocenters. The van der Waals surface area contributed by atoms with Crippen molar-refractivity contribution >= 4 is 27.3 Å². The minimum Gasteiger partial charge on any atom is -0.493 e. The molecule has 1 aliphatic heterocycles. The summed E-state index contributed by atoms with van der Waals surface area (Å²) in [5, 5.41) is 2.69. The highest BCUT2D eigenvalue weighted by molar-refractivity contribution is 7.92. The van der Waals surface area contributed by atoms with E-state index >= 15 is 0 Å². The zero-order valence-electron chi connectivity index (χ0n) is 11.9. The minimum absolute atomic E-state index is 0.109. The number of carbonyl (C=O) groups is 1.